The quantitative estimate of drug-likeness (QED) is 0.698. The molecule has 2 heteroatoms. The number of carbonyl (C=O) groups is 1. The fourth-order valence-electron chi connectivity index (χ4n) is 3.91. The van der Waals surface area contributed by atoms with Gasteiger partial charge in [-0.05, 0) is 85.5 Å². The fraction of sp³-hybridized carbons (Fsp3) is 0.286. The number of carbonyl (C=O) groups excluding carboxylic acids is 1. The molecule has 0 atom stereocenters. The molecule has 2 aliphatic rings. The molecule has 0 radical (unpaired) electrons. The average Bonchev–Trinajstić information content (AvgIpc) is 2.80. The second-order valence-corrected chi connectivity index (χ2v) is 7.45. The van der Waals surface area contributed by atoms with E-state index in [1.54, 1.807) is 6.92 Å². The minimum absolute atomic E-state index is 0.0958. The van der Waals surface area contributed by atoms with E-state index in [0.29, 0.717) is 0 Å². The van der Waals surface area contributed by atoms with Crippen LogP contribution in [0.4, 0.5) is 5.69 Å². The van der Waals surface area contributed by atoms with Gasteiger partial charge in [0.1, 0.15) is 0 Å². The summed E-state index contributed by atoms with van der Waals surface area (Å²) < 4.78 is 0. The van der Waals surface area contributed by atoms with Gasteiger partial charge in [-0.1, -0.05) is 17.7 Å². The van der Waals surface area contributed by atoms with Crippen molar-refractivity contribution >= 4 is 23.1 Å². The fourth-order valence-corrected chi connectivity index (χ4v) is 3.91. The van der Waals surface area contributed by atoms with Gasteiger partial charge in [-0.3, -0.25) is 4.79 Å². The number of fused-ring (bicyclic) bond motifs is 4. The van der Waals surface area contributed by atoms with Gasteiger partial charge in [0.2, 0.25) is 0 Å². The van der Waals surface area contributed by atoms with Crippen LogP contribution >= 0.6 is 0 Å². The van der Waals surface area contributed by atoms with Gasteiger partial charge in [0.15, 0.2) is 5.78 Å². The van der Waals surface area contributed by atoms with Gasteiger partial charge < -0.3 is 5.32 Å². The SMILES string of the molecule is CC(=O)c1ccc2c(c1)C=c1cc3c(cc1-2)=C(C)CC(C)(C)N3. The number of ketones is 1. The number of Topliss-reactive ketones (excluding diaryl/α,β-unsaturated/α-hetero) is 1. The van der Waals surface area contributed by atoms with E-state index in [1.165, 1.54) is 32.8 Å². The highest BCUT2D eigenvalue weighted by Crippen LogP contribution is 2.30. The monoisotopic (exact) mass is 303 g/mol. The lowest BCUT2D eigenvalue weighted by Gasteiger charge is -2.32. The Morgan fingerprint density at radius 2 is 1.91 bits per heavy atom. The first kappa shape index (κ1) is 14.3. The van der Waals surface area contributed by atoms with E-state index >= 15 is 0 Å². The summed E-state index contributed by atoms with van der Waals surface area (Å²) in [5.74, 6) is 0.115. The molecule has 0 aromatic heterocycles. The van der Waals surface area contributed by atoms with Gasteiger partial charge in [0, 0.05) is 16.8 Å². The third-order valence-corrected chi connectivity index (χ3v) is 4.89. The molecule has 0 fully saturated rings. The number of anilines is 1. The van der Waals surface area contributed by atoms with Crippen molar-refractivity contribution in [3.63, 3.8) is 0 Å². The van der Waals surface area contributed by atoms with Gasteiger partial charge in [-0.25, -0.2) is 0 Å². The summed E-state index contributed by atoms with van der Waals surface area (Å²) in [7, 11) is 0. The van der Waals surface area contributed by atoms with E-state index in [1.807, 2.05) is 12.1 Å². The molecule has 23 heavy (non-hydrogen) atoms. The molecule has 2 nitrogen and oxygen atoms in total. The van der Waals surface area contributed by atoms with Crippen molar-refractivity contribution in [2.45, 2.75) is 39.7 Å². The van der Waals surface area contributed by atoms with Crippen molar-refractivity contribution < 1.29 is 4.79 Å². The van der Waals surface area contributed by atoms with E-state index in [2.05, 4.69) is 50.4 Å². The summed E-state index contributed by atoms with van der Waals surface area (Å²) in [4.78, 5) is 11.6. The minimum atomic E-state index is 0.0958. The summed E-state index contributed by atoms with van der Waals surface area (Å²) in [5, 5.41) is 6.21. The minimum Gasteiger partial charge on any atom is -0.379 e. The zero-order valence-corrected chi connectivity index (χ0v) is 14.1. The Bertz CT molecular complexity index is 980. The molecule has 2 aromatic rings. The van der Waals surface area contributed by atoms with Crippen LogP contribution in [0.2, 0.25) is 0 Å². The molecule has 1 N–H and O–H groups in total. The van der Waals surface area contributed by atoms with Crippen molar-refractivity contribution in [3.8, 4) is 11.1 Å². The lowest BCUT2D eigenvalue weighted by Crippen LogP contribution is -2.39. The van der Waals surface area contributed by atoms with Crippen LogP contribution in [-0.4, -0.2) is 11.3 Å². The second kappa shape index (κ2) is 4.58. The molecule has 1 aliphatic heterocycles. The Hall–Kier alpha value is -2.35. The Morgan fingerprint density at radius 3 is 2.65 bits per heavy atom. The van der Waals surface area contributed by atoms with Gasteiger partial charge in [0.25, 0.3) is 0 Å². The smallest absolute Gasteiger partial charge is 0.159 e. The van der Waals surface area contributed by atoms with Gasteiger partial charge >= 0.3 is 0 Å². The largest absolute Gasteiger partial charge is 0.379 e. The lowest BCUT2D eigenvalue weighted by molar-refractivity contribution is 0.101. The van der Waals surface area contributed by atoms with Crippen LogP contribution in [0.3, 0.4) is 0 Å². The van der Waals surface area contributed by atoms with Crippen molar-refractivity contribution in [1.29, 1.82) is 0 Å². The highest BCUT2D eigenvalue weighted by molar-refractivity contribution is 5.97. The van der Waals surface area contributed by atoms with Crippen LogP contribution < -0.4 is 15.8 Å². The third-order valence-electron chi connectivity index (χ3n) is 4.89. The predicted octanol–water partition coefficient (Wildman–Crippen LogP) is 3.46. The van der Waals surface area contributed by atoms with Crippen molar-refractivity contribution in [1.82, 2.24) is 0 Å². The summed E-state index contributed by atoms with van der Waals surface area (Å²) in [6.07, 6.45) is 3.24. The van der Waals surface area contributed by atoms with E-state index in [-0.39, 0.29) is 11.3 Å². The zero-order chi connectivity index (χ0) is 16.4. The zero-order valence-electron chi connectivity index (χ0n) is 14.1. The molecule has 1 aliphatic carbocycles. The molecular formula is C21H21NO. The molecule has 0 bridgehead atoms. The molecule has 0 spiro atoms. The molecule has 0 amide bonds. The normalized spacial score (nSPS) is 16.8. The van der Waals surface area contributed by atoms with E-state index in [4.69, 9.17) is 0 Å². The maximum atomic E-state index is 11.6. The first-order chi connectivity index (χ1) is 10.8. The third kappa shape index (κ3) is 2.21. The molecule has 0 unspecified atom stereocenters. The van der Waals surface area contributed by atoms with Gasteiger partial charge in [0.05, 0.1) is 0 Å². The van der Waals surface area contributed by atoms with Crippen molar-refractivity contribution in [2.24, 2.45) is 0 Å². The summed E-state index contributed by atoms with van der Waals surface area (Å²) in [6.45, 7) is 8.33. The second-order valence-electron chi connectivity index (χ2n) is 7.45. The molecule has 0 saturated carbocycles. The summed E-state index contributed by atoms with van der Waals surface area (Å²) in [5.41, 5.74) is 7.17. The van der Waals surface area contributed by atoms with Crippen LogP contribution in [0.25, 0.3) is 22.8 Å². The lowest BCUT2D eigenvalue weighted by atomic mass is 9.88. The maximum Gasteiger partial charge on any atom is 0.159 e. The van der Waals surface area contributed by atoms with E-state index in [9.17, 15) is 4.79 Å². The molecule has 2 aromatic carbocycles. The van der Waals surface area contributed by atoms with Crippen LogP contribution in [0.5, 0.6) is 0 Å². The summed E-state index contributed by atoms with van der Waals surface area (Å²) in [6, 6.07) is 10.6. The maximum absolute atomic E-state index is 11.6. The van der Waals surface area contributed by atoms with E-state index in [0.717, 1.165) is 17.5 Å². The Kier molecular flexibility index (Phi) is 2.84. The van der Waals surface area contributed by atoms with Gasteiger partial charge in [-0.15, -0.1) is 0 Å². The highest BCUT2D eigenvalue weighted by Gasteiger charge is 2.24. The topological polar surface area (TPSA) is 29.1 Å². The summed E-state index contributed by atoms with van der Waals surface area (Å²) >= 11 is 0. The number of hydrogen-bond acceptors (Lipinski definition) is 2. The molecule has 1 heterocycles. The first-order valence-corrected chi connectivity index (χ1v) is 8.13. The average molecular weight is 303 g/mol. The van der Waals surface area contributed by atoms with Crippen LogP contribution in [-0.2, 0) is 0 Å². The Labute approximate surface area is 136 Å². The Balaban J connectivity index is 1.95. The van der Waals surface area contributed by atoms with Gasteiger partial charge in [-0.2, -0.15) is 0 Å². The van der Waals surface area contributed by atoms with Crippen LogP contribution in [0.1, 0.15) is 50.0 Å². The number of hydrogen-bond donors (Lipinski definition) is 1. The molecular weight excluding hydrogens is 282 g/mol. The van der Waals surface area contributed by atoms with Crippen molar-refractivity contribution in [3.05, 3.63) is 51.9 Å². The van der Waals surface area contributed by atoms with Crippen LogP contribution in [0, 0.1) is 0 Å². The molecule has 4 rings (SSSR count). The number of benzene rings is 2. The molecule has 116 valence electrons. The number of nitrogens with one attached hydrogen (secondary N) is 1. The molecule has 0 saturated heterocycles. The highest BCUT2D eigenvalue weighted by atomic mass is 16.1. The first-order valence-electron chi connectivity index (χ1n) is 8.13. The Morgan fingerprint density at radius 1 is 1.13 bits per heavy atom. The standard InChI is InChI=1S/C21H21NO/c1-12-11-21(3,4)22-20-9-16-8-15-7-14(13(2)23)5-6-17(15)19(16)10-18(12)20/h5-10,22H,11H2,1-4H3. The van der Waals surface area contributed by atoms with E-state index < -0.39 is 0 Å². The van der Waals surface area contributed by atoms with Crippen molar-refractivity contribution in [2.75, 3.05) is 5.32 Å². The van der Waals surface area contributed by atoms with Crippen LogP contribution in [0.15, 0.2) is 30.3 Å². The number of rotatable bonds is 1. The predicted molar refractivity (Wildman–Crippen MR) is 96.1 cm³/mol.